The van der Waals surface area contributed by atoms with Crippen LogP contribution in [0, 0.1) is 0 Å². The van der Waals surface area contributed by atoms with E-state index in [-0.39, 0.29) is 12.9 Å². The van der Waals surface area contributed by atoms with Gasteiger partial charge in [0.2, 0.25) is 0 Å². The Morgan fingerprint density at radius 3 is 2.62 bits per heavy atom. The van der Waals surface area contributed by atoms with E-state index in [2.05, 4.69) is 4.74 Å². The monoisotopic (exact) mass is 181 g/mol. The van der Waals surface area contributed by atoms with E-state index in [1.165, 1.54) is 0 Å². The SMILES string of the molecule is CC(OCOC[O])c1ccccc1. The predicted octanol–water partition coefficient (Wildman–Crippen LogP) is 2.13. The van der Waals surface area contributed by atoms with E-state index < -0.39 is 6.79 Å². The highest BCUT2D eigenvalue weighted by atomic mass is 16.7. The number of rotatable bonds is 5. The molecule has 1 aromatic rings. The van der Waals surface area contributed by atoms with Gasteiger partial charge in [-0.25, -0.2) is 5.11 Å². The molecule has 0 N–H and O–H groups in total. The fourth-order valence-electron chi connectivity index (χ4n) is 1.00. The molecular weight excluding hydrogens is 168 g/mol. The highest BCUT2D eigenvalue weighted by Gasteiger charge is 2.03. The molecular formula is C10H13O3. The first-order valence-corrected chi connectivity index (χ1v) is 4.17. The highest BCUT2D eigenvalue weighted by molar-refractivity contribution is 5.16. The van der Waals surface area contributed by atoms with Crippen molar-refractivity contribution < 1.29 is 14.6 Å². The Bertz CT molecular complexity index is 223. The van der Waals surface area contributed by atoms with E-state index in [9.17, 15) is 5.11 Å². The summed E-state index contributed by atoms with van der Waals surface area (Å²) >= 11 is 0. The molecule has 0 amide bonds. The Morgan fingerprint density at radius 2 is 2.00 bits per heavy atom. The zero-order valence-corrected chi connectivity index (χ0v) is 7.60. The van der Waals surface area contributed by atoms with Gasteiger partial charge in [0.15, 0.2) is 13.6 Å². The Balaban J connectivity index is 2.35. The zero-order chi connectivity index (χ0) is 9.52. The fourth-order valence-corrected chi connectivity index (χ4v) is 1.00. The summed E-state index contributed by atoms with van der Waals surface area (Å²) in [5.41, 5.74) is 1.08. The molecule has 1 radical (unpaired) electrons. The van der Waals surface area contributed by atoms with Crippen LogP contribution in [-0.2, 0) is 14.6 Å². The zero-order valence-electron chi connectivity index (χ0n) is 7.60. The van der Waals surface area contributed by atoms with Crippen LogP contribution in [-0.4, -0.2) is 13.6 Å². The maximum Gasteiger partial charge on any atom is 0.183 e. The van der Waals surface area contributed by atoms with Crippen LogP contribution in [0.4, 0.5) is 0 Å². The lowest BCUT2D eigenvalue weighted by Gasteiger charge is -2.12. The van der Waals surface area contributed by atoms with Gasteiger partial charge in [-0.05, 0) is 12.5 Å². The quantitative estimate of drug-likeness (QED) is 0.515. The molecule has 3 nitrogen and oxygen atoms in total. The van der Waals surface area contributed by atoms with Crippen molar-refractivity contribution in [3.05, 3.63) is 35.9 Å². The fraction of sp³-hybridized carbons (Fsp3) is 0.400. The minimum absolute atomic E-state index is 0.0345. The van der Waals surface area contributed by atoms with Gasteiger partial charge >= 0.3 is 0 Å². The van der Waals surface area contributed by atoms with E-state index in [0.717, 1.165) is 5.56 Å². The third-order valence-electron chi connectivity index (χ3n) is 1.75. The van der Waals surface area contributed by atoms with Crippen molar-refractivity contribution in [1.82, 2.24) is 0 Å². The van der Waals surface area contributed by atoms with Crippen molar-refractivity contribution in [3.8, 4) is 0 Å². The second-order valence-corrected chi connectivity index (χ2v) is 2.66. The molecule has 0 spiro atoms. The molecule has 1 unspecified atom stereocenters. The predicted molar refractivity (Wildman–Crippen MR) is 47.4 cm³/mol. The molecule has 1 rings (SSSR count). The highest BCUT2D eigenvalue weighted by Crippen LogP contribution is 2.15. The first-order chi connectivity index (χ1) is 6.34. The number of hydrogen-bond acceptors (Lipinski definition) is 2. The third kappa shape index (κ3) is 3.55. The van der Waals surface area contributed by atoms with E-state index in [0.29, 0.717) is 0 Å². The lowest BCUT2D eigenvalue weighted by atomic mass is 10.1. The molecule has 0 heterocycles. The summed E-state index contributed by atoms with van der Waals surface area (Å²) in [6.45, 7) is 1.42. The first-order valence-electron chi connectivity index (χ1n) is 4.17. The van der Waals surface area contributed by atoms with E-state index in [1.807, 2.05) is 37.3 Å². The van der Waals surface area contributed by atoms with Gasteiger partial charge in [0.1, 0.15) is 0 Å². The molecule has 0 aromatic heterocycles. The van der Waals surface area contributed by atoms with Gasteiger partial charge < -0.3 is 9.47 Å². The average Bonchev–Trinajstić information content (AvgIpc) is 2.19. The van der Waals surface area contributed by atoms with E-state index >= 15 is 0 Å². The van der Waals surface area contributed by atoms with Crippen LogP contribution in [0.1, 0.15) is 18.6 Å². The van der Waals surface area contributed by atoms with Gasteiger partial charge in [0, 0.05) is 0 Å². The van der Waals surface area contributed by atoms with Gasteiger partial charge in [0.05, 0.1) is 6.10 Å². The maximum absolute atomic E-state index is 9.95. The smallest absolute Gasteiger partial charge is 0.183 e. The van der Waals surface area contributed by atoms with Crippen LogP contribution in [0.2, 0.25) is 0 Å². The molecule has 0 saturated carbocycles. The number of ether oxygens (including phenoxy) is 2. The molecule has 0 fully saturated rings. The van der Waals surface area contributed by atoms with Crippen LogP contribution in [0.15, 0.2) is 30.3 Å². The average molecular weight is 181 g/mol. The molecule has 0 saturated heterocycles. The Morgan fingerprint density at radius 1 is 1.31 bits per heavy atom. The molecule has 13 heavy (non-hydrogen) atoms. The van der Waals surface area contributed by atoms with Crippen molar-refractivity contribution in [1.29, 1.82) is 0 Å². The lowest BCUT2D eigenvalue weighted by Crippen LogP contribution is -2.04. The summed E-state index contributed by atoms with van der Waals surface area (Å²) in [6.07, 6.45) is -0.0345. The van der Waals surface area contributed by atoms with Gasteiger partial charge in [-0.1, -0.05) is 30.3 Å². The summed E-state index contributed by atoms with van der Waals surface area (Å²) in [5, 5.41) is 9.95. The molecule has 0 aliphatic carbocycles. The molecule has 0 bridgehead atoms. The lowest BCUT2D eigenvalue weighted by molar-refractivity contribution is -0.146. The minimum Gasteiger partial charge on any atom is -0.348 e. The molecule has 3 heteroatoms. The summed E-state index contributed by atoms with van der Waals surface area (Å²) in [4.78, 5) is 0. The van der Waals surface area contributed by atoms with Crippen LogP contribution >= 0.6 is 0 Å². The first kappa shape index (κ1) is 10.2. The molecule has 1 atom stereocenters. The van der Waals surface area contributed by atoms with Crippen molar-refractivity contribution in [2.75, 3.05) is 13.6 Å². The normalized spacial score (nSPS) is 12.8. The van der Waals surface area contributed by atoms with Gasteiger partial charge in [-0.15, -0.1) is 0 Å². The van der Waals surface area contributed by atoms with Gasteiger partial charge in [-0.3, -0.25) is 0 Å². The van der Waals surface area contributed by atoms with Crippen molar-refractivity contribution in [3.63, 3.8) is 0 Å². The second kappa shape index (κ2) is 5.70. The molecule has 0 aliphatic heterocycles. The molecule has 71 valence electrons. The van der Waals surface area contributed by atoms with E-state index in [1.54, 1.807) is 0 Å². The molecule has 1 aromatic carbocycles. The largest absolute Gasteiger partial charge is 0.348 e. The number of benzene rings is 1. The van der Waals surface area contributed by atoms with Crippen LogP contribution in [0.25, 0.3) is 0 Å². The number of hydrogen-bond donors (Lipinski definition) is 0. The van der Waals surface area contributed by atoms with Gasteiger partial charge in [0.25, 0.3) is 0 Å². The van der Waals surface area contributed by atoms with Crippen molar-refractivity contribution in [2.24, 2.45) is 0 Å². The minimum atomic E-state index is -0.554. The van der Waals surface area contributed by atoms with E-state index in [4.69, 9.17) is 4.74 Å². The summed E-state index contributed by atoms with van der Waals surface area (Å²) < 4.78 is 9.79. The third-order valence-corrected chi connectivity index (χ3v) is 1.75. The van der Waals surface area contributed by atoms with Gasteiger partial charge in [-0.2, -0.15) is 0 Å². The Kier molecular flexibility index (Phi) is 4.46. The standard InChI is InChI=1S/C10H13O3/c1-9(13-8-12-7-11)10-5-3-2-4-6-10/h2-6,9H,7-8H2,1H3. The topological polar surface area (TPSA) is 38.4 Å². The summed E-state index contributed by atoms with van der Waals surface area (Å²) in [7, 11) is 0. The Hall–Kier alpha value is -0.900. The summed E-state index contributed by atoms with van der Waals surface area (Å²) in [5.74, 6) is 0. The second-order valence-electron chi connectivity index (χ2n) is 2.66. The van der Waals surface area contributed by atoms with Crippen LogP contribution < -0.4 is 0 Å². The Labute approximate surface area is 77.9 Å². The van der Waals surface area contributed by atoms with Crippen LogP contribution in [0.3, 0.4) is 0 Å². The van der Waals surface area contributed by atoms with Crippen molar-refractivity contribution in [2.45, 2.75) is 13.0 Å². The maximum atomic E-state index is 9.95. The van der Waals surface area contributed by atoms with Crippen molar-refractivity contribution >= 4 is 0 Å². The summed E-state index contributed by atoms with van der Waals surface area (Å²) in [6, 6.07) is 9.79. The molecule has 0 aliphatic rings. The van der Waals surface area contributed by atoms with Crippen LogP contribution in [0.5, 0.6) is 0 Å².